The van der Waals surface area contributed by atoms with Crippen LogP contribution in [0, 0.1) is 0 Å². The van der Waals surface area contributed by atoms with E-state index in [0.717, 1.165) is 19.3 Å². The van der Waals surface area contributed by atoms with Crippen molar-refractivity contribution in [1.82, 2.24) is 5.32 Å². The summed E-state index contributed by atoms with van der Waals surface area (Å²) in [7, 11) is 0. The van der Waals surface area contributed by atoms with Crippen LogP contribution in [0.2, 0.25) is 0 Å². The average Bonchev–Trinajstić information content (AvgIpc) is 2.51. The molecule has 4 nitrogen and oxygen atoms in total. The van der Waals surface area contributed by atoms with Crippen molar-refractivity contribution in [3.05, 3.63) is 29.8 Å². The first-order valence-corrected chi connectivity index (χ1v) is 8.04. The molecule has 134 valence electrons. The Kier molecular flexibility index (Phi) is 6.10. The Bertz CT molecular complexity index is 554. The summed E-state index contributed by atoms with van der Waals surface area (Å²) in [6.45, 7) is -1.32. The molecule has 0 aromatic heterocycles. The summed E-state index contributed by atoms with van der Waals surface area (Å²) in [5.74, 6) is -0.225. The molecule has 0 unspecified atom stereocenters. The highest BCUT2D eigenvalue weighted by atomic mass is 19.4. The highest BCUT2D eigenvalue weighted by molar-refractivity contribution is 5.77. The quantitative estimate of drug-likeness (QED) is 0.831. The number of carbonyl (C=O) groups is 1. The van der Waals surface area contributed by atoms with E-state index in [-0.39, 0.29) is 24.6 Å². The van der Waals surface area contributed by atoms with Gasteiger partial charge < -0.3 is 15.2 Å². The van der Waals surface area contributed by atoms with Crippen LogP contribution >= 0.6 is 0 Å². The van der Waals surface area contributed by atoms with Crippen LogP contribution in [-0.4, -0.2) is 29.4 Å². The fraction of sp³-hybridized carbons (Fsp3) is 0.588. The van der Waals surface area contributed by atoms with Gasteiger partial charge in [0.25, 0.3) is 0 Å². The average molecular weight is 345 g/mol. The van der Waals surface area contributed by atoms with Gasteiger partial charge in [-0.3, -0.25) is 4.79 Å². The summed E-state index contributed by atoms with van der Waals surface area (Å²) < 4.78 is 41.6. The molecular formula is C17H22F3NO3. The molecule has 0 saturated heterocycles. The Morgan fingerprint density at radius 1 is 1.21 bits per heavy atom. The van der Waals surface area contributed by atoms with Crippen LogP contribution in [0.25, 0.3) is 0 Å². The minimum atomic E-state index is -4.42. The third kappa shape index (κ3) is 6.03. The van der Waals surface area contributed by atoms with E-state index in [1.807, 2.05) is 0 Å². The van der Waals surface area contributed by atoms with Gasteiger partial charge in [-0.25, -0.2) is 0 Å². The van der Waals surface area contributed by atoms with Gasteiger partial charge in [-0.15, -0.1) is 0 Å². The molecule has 1 aromatic rings. The number of para-hydroxylation sites is 1. The van der Waals surface area contributed by atoms with Gasteiger partial charge in [-0.1, -0.05) is 37.5 Å². The summed E-state index contributed by atoms with van der Waals surface area (Å²) in [6, 6.07) is 6.27. The molecule has 0 radical (unpaired) electrons. The fourth-order valence-electron chi connectivity index (χ4n) is 2.89. The Labute approximate surface area is 139 Å². The molecule has 0 heterocycles. The molecular weight excluding hydrogens is 323 g/mol. The Balaban J connectivity index is 1.88. The molecule has 0 atom stereocenters. The molecule has 0 bridgehead atoms. The van der Waals surface area contributed by atoms with E-state index in [0.29, 0.717) is 18.4 Å². The Hall–Kier alpha value is -1.76. The second kappa shape index (κ2) is 7.88. The van der Waals surface area contributed by atoms with Crippen molar-refractivity contribution in [3.63, 3.8) is 0 Å². The number of aliphatic hydroxyl groups is 1. The lowest BCUT2D eigenvalue weighted by Crippen LogP contribution is -2.38. The summed E-state index contributed by atoms with van der Waals surface area (Å²) in [5.41, 5.74) is -0.500. The minimum Gasteiger partial charge on any atom is -0.484 e. The van der Waals surface area contributed by atoms with Crippen LogP contribution in [0.1, 0.15) is 44.1 Å². The van der Waals surface area contributed by atoms with E-state index in [4.69, 9.17) is 4.74 Å². The fourth-order valence-corrected chi connectivity index (χ4v) is 2.89. The number of ether oxygens (including phenoxy) is 1. The monoisotopic (exact) mass is 345 g/mol. The maximum Gasteiger partial charge on any atom is 0.422 e. The van der Waals surface area contributed by atoms with Gasteiger partial charge >= 0.3 is 6.18 Å². The molecule has 0 aliphatic heterocycles. The summed E-state index contributed by atoms with van der Waals surface area (Å²) in [4.78, 5) is 12.0. The van der Waals surface area contributed by atoms with E-state index in [1.54, 1.807) is 18.2 Å². The smallest absolute Gasteiger partial charge is 0.422 e. The second-order valence-electron chi connectivity index (χ2n) is 6.25. The molecule has 2 N–H and O–H groups in total. The number of alkyl halides is 3. The third-order valence-electron chi connectivity index (χ3n) is 4.11. The predicted molar refractivity (Wildman–Crippen MR) is 82.5 cm³/mol. The van der Waals surface area contributed by atoms with Crippen LogP contribution in [0.5, 0.6) is 5.75 Å². The zero-order chi connectivity index (χ0) is 17.6. The molecule has 1 aliphatic carbocycles. The molecule has 0 spiro atoms. The largest absolute Gasteiger partial charge is 0.484 e. The normalized spacial score (nSPS) is 17.3. The number of rotatable bonds is 6. The number of benzene rings is 1. The van der Waals surface area contributed by atoms with Crippen molar-refractivity contribution in [2.45, 2.75) is 56.8 Å². The van der Waals surface area contributed by atoms with E-state index >= 15 is 0 Å². The molecule has 1 fully saturated rings. The maximum absolute atomic E-state index is 12.3. The first kappa shape index (κ1) is 18.6. The summed E-state index contributed by atoms with van der Waals surface area (Å²) >= 11 is 0. The number of hydrogen-bond donors (Lipinski definition) is 2. The van der Waals surface area contributed by atoms with Crippen molar-refractivity contribution in [1.29, 1.82) is 0 Å². The van der Waals surface area contributed by atoms with Gasteiger partial charge in [0.05, 0.1) is 12.0 Å². The van der Waals surface area contributed by atoms with Crippen LogP contribution in [0.15, 0.2) is 24.3 Å². The summed E-state index contributed by atoms with van der Waals surface area (Å²) in [6.07, 6.45) is -0.333. The molecule has 2 rings (SSSR count). The maximum atomic E-state index is 12.3. The lowest BCUT2D eigenvalue weighted by Gasteiger charge is -2.31. The van der Waals surface area contributed by atoms with Gasteiger partial charge in [0, 0.05) is 12.1 Å². The van der Waals surface area contributed by atoms with Crippen molar-refractivity contribution < 1.29 is 27.8 Å². The van der Waals surface area contributed by atoms with Crippen molar-refractivity contribution in [3.8, 4) is 5.75 Å². The van der Waals surface area contributed by atoms with Crippen LogP contribution in [0.3, 0.4) is 0 Å². The van der Waals surface area contributed by atoms with E-state index < -0.39 is 18.4 Å². The van der Waals surface area contributed by atoms with E-state index in [9.17, 15) is 23.1 Å². The van der Waals surface area contributed by atoms with Crippen LogP contribution in [-0.2, 0) is 11.3 Å². The van der Waals surface area contributed by atoms with Crippen LogP contribution < -0.4 is 10.1 Å². The number of halogens is 3. The Morgan fingerprint density at radius 3 is 2.54 bits per heavy atom. The third-order valence-corrected chi connectivity index (χ3v) is 4.11. The topological polar surface area (TPSA) is 58.6 Å². The molecule has 1 aliphatic rings. The lowest BCUT2D eigenvalue weighted by atomic mass is 9.82. The highest BCUT2D eigenvalue weighted by Gasteiger charge is 2.32. The number of amides is 1. The highest BCUT2D eigenvalue weighted by Crippen LogP contribution is 2.30. The summed E-state index contributed by atoms with van der Waals surface area (Å²) in [5, 5.41) is 13.0. The number of nitrogens with one attached hydrogen (secondary N) is 1. The Morgan fingerprint density at radius 2 is 1.88 bits per heavy atom. The van der Waals surface area contributed by atoms with Gasteiger partial charge in [-0.2, -0.15) is 13.2 Å². The van der Waals surface area contributed by atoms with Gasteiger partial charge in [0.15, 0.2) is 6.61 Å². The number of hydrogen-bond acceptors (Lipinski definition) is 3. The number of carbonyl (C=O) groups excluding carboxylic acids is 1. The molecule has 1 aromatic carbocycles. The zero-order valence-corrected chi connectivity index (χ0v) is 13.4. The van der Waals surface area contributed by atoms with Gasteiger partial charge in [0.1, 0.15) is 5.75 Å². The zero-order valence-electron chi connectivity index (χ0n) is 13.4. The lowest BCUT2D eigenvalue weighted by molar-refractivity contribution is -0.153. The standard InChI is InChI=1S/C17H22F3NO3/c18-17(19,20)12-24-14-7-3-2-6-13(14)11-21-15(22)10-16(23)8-4-1-5-9-16/h2-3,6-7,23H,1,4-5,8-12H2,(H,21,22). The van der Waals surface area contributed by atoms with Crippen molar-refractivity contribution >= 4 is 5.91 Å². The molecule has 24 heavy (non-hydrogen) atoms. The minimum absolute atomic E-state index is 0.0125. The predicted octanol–water partition coefficient (Wildman–Crippen LogP) is 3.33. The van der Waals surface area contributed by atoms with E-state index in [1.165, 1.54) is 6.07 Å². The van der Waals surface area contributed by atoms with Crippen molar-refractivity contribution in [2.24, 2.45) is 0 Å². The molecule has 1 saturated carbocycles. The van der Waals surface area contributed by atoms with Crippen LogP contribution in [0.4, 0.5) is 13.2 Å². The van der Waals surface area contributed by atoms with Gasteiger partial charge in [-0.05, 0) is 18.9 Å². The van der Waals surface area contributed by atoms with Crippen molar-refractivity contribution in [2.75, 3.05) is 6.61 Å². The first-order chi connectivity index (χ1) is 11.3. The second-order valence-corrected chi connectivity index (χ2v) is 6.25. The van der Waals surface area contributed by atoms with Gasteiger partial charge in [0.2, 0.25) is 5.91 Å². The molecule has 7 heteroatoms. The molecule has 1 amide bonds. The SMILES string of the molecule is O=C(CC1(O)CCCCC1)NCc1ccccc1OCC(F)(F)F. The van der Waals surface area contributed by atoms with E-state index in [2.05, 4.69) is 5.32 Å². The first-order valence-electron chi connectivity index (χ1n) is 8.04.